The summed E-state index contributed by atoms with van der Waals surface area (Å²) in [7, 11) is 0. The van der Waals surface area contributed by atoms with Gasteiger partial charge in [0, 0.05) is 62.2 Å². The molecule has 1 rings (SSSR count). The molecule has 0 heterocycles. The topological polar surface area (TPSA) is 34.1 Å². The van der Waals surface area contributed by atoms with E-state index < -0.39 is 0 Å². The van der Waals surface area contributed by atoms with Gasteiger partial charge in [-0.25, -0.2) is 0 Å². The van der Waals surface area contributed by atoms with Gasteiger partial charge in [0.1, 0.15) is 0 Å². The number of carbonyl (C=O) groups excluding carboxylic acids is 2. The third-order valence-corrected chi connectivity index (χ3v) is 6.64. The second-order valence-electron chi connectivity index (χ2n) is 3.42. The van der Waals surface area contributed by atoms with Crippen molar-refractivity contribution in [2.24, 2.45) is 0 Å². The van der Waals surface area contributed by atoms with E-state index in [1.54, 1.807) is 19.9 Å². The first-order valence-corrected chi connectivity index (χ1v) is 9.13. The van der Waals surface area contributed by atoms with Gasteiger partial charge in [0.15, 0.2) is 0 Å². The fourth-order valence-electron chi connectivity index (χ4n) is 1.35. The minimum absolute atomic E-state index is 0. The first kappa shape index (κ1) is 23.1. The molecule has 0 spiro atoms. The van der Waals surface area contributed by atoms with Crippen molar-refractivity contribution in [1.29, 1.82) is 0 Å². The fraction of sp³-hybridized carbons (Fsp3) is 0.231. The van der Waals surface area contributed by atoms with Crippen LogP contribution in [0.5, 0.6) is 0 Å². The van der Waals surface area contributed by atoms with E-state index in [2.05, 4.69) is 33.6 Å². The van der Waals surface area contributed by atoms with Crippen molar-refractivity contribution in [3.05, 3.63) is 29.7 Å². The van der Waals surface area contributed by atoms with Gasteiger partial charge in [0.05, 0.1) is 0 Å². The van der Waals surface area contributed by atoms with Gasteiger partial charge in [-0.3, -0.25) is 0 Å². The Bertz CT molecular complexity index is 583. The van der Waals surface area contributed by atoms with Crippen LogP contribution in [-0.2, 0) is 9.59 Å². The van der Waals surface area contributed by atoms with Crippen LogP contribution in [0.4, 0.5) is 0 Å². The van der Waals surface area contributed by atoms with Gasteiger partial charge in [0.25, 0.3) is 0 Å². The van der Waals surface area contributed by atoms with Gasteiger partial charge in [0.2, 0.25) is 0 Å². The third-order valence-electron chi connectivity index (χ3n) is 2.33. The zero-order valence-electron chi connectivity index (χ0n) is 10.7. The number of halogens is 2. The molecule has 0 aliphatic rings. The summed E-state index contributed by atoms with van der Waals surface area (Å²) < 4.78 is 2.22. The maximum absolute atomic E-state index is 10.8. The predicted octanol–water partition coefficient (Wildman–Crippen LogP) is -2.37. The monoisotopic (exact) mass is 929 g/mol. The maximum atomic E-state index is 10.8. The average molecular weight is 929 g/mol. The largest absolute Gasteiger partial charge is 0 e. The Morgan fingerprint density at radius 2 is 2.00 bits per heavy atom. The van der Waals surface area contributed by atoms with Crippen LogP contribution in [0.3, 0.4) is 0 Å². The summed E-state index contributed by atoms with van der Waals surface area (Å²) in [5, 5.41) is 1.77. The van der Waals surface area contributed by atoms with Crippen molar-refractivity contribution in [2.75, 3.05) is 4.93 Å². The molecule has 0 unspecified atom stereocenters. The summed E-state index contributed by atoms with van der Waals surface area (Å²) in [6.45, 7) is 3.53. The number of hydrogen-bond donors (Lipinski definition) is 0. The minimum atomic E-state index is -0.183. The smallest absolute Gasteiger partial charge is 0 e. The van der Waals surface area contributed by atoms with Crippen molar-refractivity contribution < 1.29 is 93.0 Å². The summed E-state index contributed by atoms with van der Waals surface area (Å²) in [6, 6.07) is 4.89. The normalized spacial score (nSPS) is 12.8. The molecule has 19 heavy (non-hydrogen) atoms. The zero-order valence-corrected chi connectivity index (χ0v) is 23.4. The number of benzene rings is 1. The van der Waals surface area contributed by atoms with E-state index in [1.807, 2.05) is 6.29 Å². The molecule has 0 bridgehead atoms. The van der Waals surface area contributed by atoms with Crippen LogP contribution in [0.1, 0.15) is 13.8 Å². The van der Waals surface area contributed by atoms with E-state index in [9.17, 15) is 9.59 Å². The summed E-state index contributed by atoms with van der Waals surface area (Å²) >= 11 is 2.05. The number of carbonyl (C=O) groups is 1. The van der Waals surface area contributed by atoms with Crippen LogP contribution in [0.25, 0.3) is 11.1 Å². The zero-order chi connectivity index (χ0) is 13.0. The van der Waals surface area contributed by atoms with E-state index in [0.29, 0.717) is 11.1 Å². The van der Waals surface area contributed by atoms with E-state index in [4.69, 9.17) is 0 Å². The third kappa shape index (κ3) is 5.87. The molecule has 2 nitrogen and oxygen atoms in total. The second-order valence-corrected chi connectivity index (χ2v) is 6.66. The van der Waals surface area contributed by atoms with Crippen LogP contribution in [0.2, 0.25) is 0 Å². The minimum Gasteiger partial charge on any atom is 0 e. The Hall–Kier alpha value is 1.86. The van der Waals surface area contributed by atoms with Crippen molar-refractivity contribution >= 4 is 46.3 Å². The number of alkyl halides is 1. The van der Waals surface area contributed by atoms with E-state index in [-0.39, 0.29) is 83.4 Å². The Balaban J connectivity index is 0. The number of aldehydes is 1. The van der Waals surface area contributed by atoms with Gasteiger partial charge < -0.3 is 0 Å². The molecule has 0 atom stereocenters. The Morgan fingerprint density at radius 1 is 1.42 bits per heavy atom. The second kappa shape index (κ2) is 11.4. The van der Waals surface area contributed by atoms with Crippen LogP contribution >= 0.6 is 22.6 Å². The molecule has 0 aliphatic carbocycles. The maximum Gasteiger partial charge on any atom is 0 e. The van der Waals surface area contributed by atoms with Crippen molar-refractivity contribution in [1.82, 2.24) is 0 Å². The molecule has 0 N–H and O–H groups in total. The predicted molar refractivity (Wildman–Crippen MR) is 71.8 cm³/mol. The molecule has 1 aromatic rings. The number of rotatable bonds is 3. The first-order chi connectivity index (χ1) is 8.06. The molecular weight excluding hydrogens is 918 g/mol. The Labute approximate surface area is 184 Å². The number of hydrogen-bond acceptors (Lipinski definition) is 2. The van der Waals surface area contributed by atoms with Gasteiger partial charge in [-0.1, -0.05) is 0 Å². The molecule has 1 aromatic carbocycles. The first-order valence-electron chi connectivity index (χ1n) is 4.81. The van der Waals surface area contributed by atoms with Crippen LogP contribution < -0.4 is 31.6 Å². The van der Waals surface area contributed by atoms with Crippen molar-refractivity contribution in [3.8, 4) is 0 Å². The van der Waals surface area contributed by atoms with E-state index in [1.165, 1.54) is 3.57 Å². The van der Waals surface area contributed by atoms with Gasteiger partial charge >= 0.3 is 126 Å². The van der Waals surface area contributed by atoms with Gasteiger partial charge in [-0.15, -0.1) is 0 Å². The molecule has 0 saturated carbocycles. The Morgan fingerprint density at radius 3 is 2.42 bits per heavy atom. The van der Waals surface area contributed by atoms with Crippen molar-refractivity contribution in [2.45, 2.75) is 13.8 Å². The molecule has 0 aliphatic heterocycles. The molecule has 100 valence electrons. The molecule has 0 amide bonds. The van der Waals surface area contributed by atoms with Gasteiger partial charge in [-0.2, -0.15) is 0 Å². The molecule has 6 heteroatoms. The fourth-order valence-corrected chi connectivity index (χ4v) is 5.43. The van der Waals surface area contributed by atoms with E-state index >= 15 is 0 Å². The van der Waals surface area contributed by atoms with Crippen molar-refractivity contribution in [3.63, 3.8) is 0 Å². The SMILES string of the molecule is C[I-]c1c(I)/c(=C(\C)[C-]=O)c[c-]/c1=C(/C)C=O.[U].[U]. The standard InChI is InChI=1S/C13H11I2O2.2U/c1-8(6-16)10-4-5-11(9(2)7-17)13(15-3)12(10)14;;/h4,7H,1-3H3;;/q-3;;/b10-8+,11-9+;;. The molecule has 0 radical (unpaired) electrons. The van der Waals surface area contributed by atoms with Crippen LogP contribution in [0.15, 0.2) is 6.07 Å². The average Bonchev–Trinajstić information content (AvgIpc) is 2.36. The summed E-state index contributed by atoms with van der Waals surface area (Å²) in [4.78, 5) is 23.7. The molecule has 0 aromatic heterocycles. The Kier molecular flexibility index (Phi) is 13.9. The van der Waals surface area contributed by atoms with Crippen LogP contribution in [0, 0.1) is 75.4 Å². The molecule has 0 fully saturated rings. The summed E-state index contributed by atoms with van der Waals surface area (Å²) in [6.07, 6.45) is 2.77. The van der Waals surface area contributed by atoms with Crippen LogP contribution in [-0.4, -0.2) is 17.5 Å². The summed E-state index contributed by atoms with van der Waals surface area (Å²) in [5.74, 6) is 0. The molecular formula is C13H11I2O2U2-3. The molecule has 0 saturated heterocycles. The quantitative estimate of drug-likeness (QED) is 0.147. The summed E-state index contributed by atoms with van der Waals surface area (Å²) in [5.41, 5.74) is 1.28. The van der Waals surface area contributed by atoms with Gasteiger partial charge in [-0.05, 0) is 0 Å². The van der Waals surface area contributed by atoms with E-state index in [0.717, 1.165) is 20.3 Å².